The number of nitrogens with zero attached hydrogens (tertiary/aromatic N) is 4. The molecule has 12 heteroatoms. The average molecular weight is 623 g/mol. The molecule has 46 heavy (non-hydrogen) atoms. The van der Waals surface area contributed by atoms with Crippen LogP contribution in [0.2, 0.25) is 0 Å². The molecule has 5 rings (SSSR count). The molecule has 2 N–H and O–H groups in total. The van der Waals surface area contributed by atoms with Crippen LogP contribution in [0, 0.1) is 34.4 Å². The zero-order valence-corrected chi connectivity index (χ0v) is 25.5. The van der Waals surface area contributed by atoms with Crippen molar-refractivity contribution < 1.29 is 28.2 Å². The maximum absolute atomic E-state index is 15.2. The fourth-order valence-electron chi connectivity index (χ4n) is 5.80. The molecule has 234 valence electrons. The van der Waals surface area contributed by atoms with Crippen LogP contribution in [0.15, 0.2) is 48.5 Å². The van der Waals surface area contributed by atoms with E-state index in [1.165, 1.54) is 32.4 Å². The van der Waals surface area contributed by atoms with Crippen molar-refractivity contribution >= 4 is 34.9 Å². The SMILES string of the molecule is COC(=O)Nc1ccc2c(c1)NC(=O)C(C)CCCC(N1CCC(c3c(C#N)ccc(C#N)c3F)=CC1=O)c1cc-2cc(OC)n1. The number of amides is 3. The van der Waals surface area contributed by atoms with Crippen LogP contribution in [0.25, 0.3) is 16.7 Å². The second-order valence-electron chi connectivity index (χ2n) is 11.1. The van der Waals surface area contributed by atoms with Crippen LogP contribution in [0.4, 0.5) is 20.6 Å². The minimum absolute atomic E-state index is 0.0347. The summed E-state index contributed by atoms with van der Waals surface area (Å²) in [6.45, 7) is 2.03. The number of nitrogens with one attached hydrogen (secondary N) is 2. The maximum Gasteiger partial charge on any atom is 0.411 e. The Bertz CT molecular complexity index is 1840. The number of hydrogen-bond donors (Lipinski definition) is 2. The summed E-state index contributed by atoms with van der Waals surface area (Å²) >= 11 is 0. The van der Waals surface area contributed by atoms with Gasteiger partial charge in [0.05, 0.1) is 48.8 Å². The Labute approximate surface area is 265 Å². The van der Waals surface area contributed by atoms with E-state index in [2.05, 4.69) is 10.6 Å². The quantitative estimate of drug-likeness (QED) is 0.362. The van der Waals surface area contributed by atoms with Crippen molar-refractivity contribution in [1.29, 1.82) is 10.5 Å². The topological polar surface area (TPSA) is 157 Å². The van der Waals surface area contributed by atoms with Crippen LogP contribution >= 0.6 is 0 Å². The predicted octanol–water partition coefficient (Wildman–Crippen LogP) is 5.93. The number of anilines is 2. The molecule has 2 atom stereocenters. The van der Waals surface area contributed by atoms with E-state index < -0.39 is 18.0 Å². The number of halogens is 1. The molecule has 2 aromatic carbocycles. The first-order valence-electron chi connectivity index (χ1n) is 14.7. The van der Waals surface area contributed by atoms with Crippen LogP contribution in [-0.4, -0.2) is 48.6 Å². The van der Waals surface area contributed by atoms with Gasteiger partial charge in [0.2, 0.25) is 17.7 Å². The second-order valence-corrected chi connectivity index (χ2v) is 11.1. The molecule has 2 unspecified atom stereocenters. The van der Waals surface area contributed by atoms with Crippen LogP contribution in [-0.2, 0) is 14.3 Å². The lowest BCUT2D eigenvalue weighted by molar-refractivity contribution is -0.129. The Kier molecular flexibility index (Phi) is 9.29. The predicted molar refractivity (Wildman–Crippen MR) is 167 cm³/mol. The summed E-state index contributed by atoms with van der Waals surface area (Å²) in [6, 6.07) is 14.5. The van der Waals surface area contributed by atoms with Crippen molar-refractivity contribution in [3.05, 3.63) is 76.7 Å². The van der Waals surface area contributed by atoms with Gasteiger partial charge in [0.1, 0.15) is 11.9 Å². The van der Waals surface area contributed by atoms with Gasteiger partial charge in [0, 0.05) is 41.4 Å². The first-order valence-corrected chi connectivity index (χ1v) is 14.7. The molecule has 0 aliphatic carbocycles. The number of methoxy groups -OCH3 is 2. The molecule has 0 fully saturated rings. The van der Waals surface area contributed by atoms with E-state index in [-0.39, 0.29) is 47.4 Å². The van der Waals surface area contributed by atoms with Gasteiger partial charge in [-0.25, -0.2) is 14.2 Å². The van der Waals surface area contributed by atoms with Gasteiger partial charge >= 0.3 is 6.09 Å². The molecule has 0 radical (unpaired) electrons. The molecule has 2 aliphatic rings. The standard InChI is InChI=1S/C34H31FN6O5/c1-19-5-4-6-28(41-12-11-20(15-30(41)42)31-21(17-36)7-8-22(18-37)32(31)35)27-13-23(14-29(39-27)45-2)25-10-9-24(38-34(44)46-3)16-26(25)40-33(19)43/h7-10,13-16,19,28H,4-6,11-12H2,1-3H3,(H,38,44)(H,40,43). The van der Waals surface area contributed by atoms with E-state index in [0.717, 1.165) is 0 Å². The molecule has 3 heterocycles. The molecule has 3 amide bonds. The van der Waals surface area contributed by atoms with E-state index in [1.54, 1.807) is 35.2 Å². The Hall–Kier alpha value is -5.75. The lowest BCUT2D eigenvalue weighted by atomic mass is 9.90. The first-order chi connectivity index (χ1) is 22.2. The lowest BCUT2D eigenvalue weighted by Crippen LogP contribution is -2.38. The van der Waals surface area contributed by atoms with E-state index in [0.29, 0.717) is 58.9 Å². The molecule has 2 aliphatic heterocycles. The number of nitriles is 2. The first kappa shape index (κ1) is 31.7. The summed E-state index contributed by atoms with van der Waals surface area (Å²) in [4.78, 5) is 45.2. The second kappa shape index (κ2) is 13.5. The number of pyridine rings is 1. The van der Waals surface area contributed by atoms with Crippen molar-refractivity contribution in [3.63, 3.8) is 0 Å². The van der Waals surface area contributed by atoms with Gasteiger partial charge in [0.25, 0.3) is 0 Å². The highest BCUT2D eigenvalue weighted by molar-refractivity contribution is 5.99. The number of aromatic nitrogens is 1. The summed E-state index contributed by atoms with van der Waals surface area (Å²) < 4.78 is 25.5. The molecule has 3 aromatic rings. The maximum atomic E-state index is 15.2. The van der Waals surface area contributed by atoms with Crippen molar-refractivity contribution in [2.24, 2.45) is 5.92 Å². The van der Waals surface area contributed by atoms with Gasteiger partial charge < -0.3 is 19.7 Å². The smallest absolute Gasteiger partial charge is 0.411 e. The number of benzene rings is 2. The van der Waals surface area contributed by atoms with Gasteiger partial charge in [-0.2, -0.15) is 10.5 Å². The monoisotopic (exact) mass is 622 g/mol. The average Bonchev–Trinajstić information content (AvgIpc) is 3.06. The fraction of sp³-hybridized carbons (Fsp3) is 0.294. The summed E-state index contributed by atoms with van der Waals surface area (Å²) in [6.07, 6.45) is 2.51. The van der Waals surface area contributed by atoms with Crippen molar-refractivity contribution in [2.75, 3.05) is 31.4 Å². The summed E-state index contributed by atoms with van der Waals surface area (Å²) in [5.41, 5.74) is 2.89. The van der Waals surface area contributed by atoms with Gasteiger partial charge in [-0.3, -0.25) is 14.9 Å². The van der Waals surface area contributed by atoms with Crippen molar-refractivity contribution in [1.82, 2.24) is 9.88 Å². The minimum Gasteiger partial charge on any atom is -0.481 e. The highest BCUT2D eigenvalue weighted by Crippen LogP contribution is 2.39. The number of carbonyl (C=O) groups excluding carboxylic acids is 3. The highest BCUT2D eigenvalue weighted by atomic mass is 19.1. The van der Waals surface area contributed by atoms with E-state index >= 15 is 4.39 Å². The largest absolute Gasteiger partial charge is 0.481 e. The molecule has 11 nitrogen and oxygen atoms in total. The number of hydrogen-bond acceptors (Lipinski definition) is 8. The van der Waals surface area contributed by atoms with Crippen molar-refractivity contribution in [3.8, 4) is 29.1 Å². The minimum atomic E-state index is -0.824. The Morgan fingerprint density at radius 3 is 2.54 bits per heavy atom. The summed E-state index contributed by atoms with van der Waals surface area (Å²) in [5, 5.41) is 24.6. The molecule has 0 saturated heterocycles. The van der Waals surface area contributed by atoms with Gasteiger partial charge in [0.15, 0.2) is 0 Å². The molecule has 1 aromatic heterocycles. The number of ether oxygens (including phenoxy) is 2. The third kappa shape index (κ3) is 6.37. The van der Waals surface area contributed by atoms with Crippen LogP contribution < -0.4 is 15.4 Å². The van der Waals surface area contributed by atoms with Crippen molar-refractivity contribution in [2.45, 2.75) is 38.6 Å². The molecular formula is C34H31FN6O5. The third-order valence-electron chi connectivity index (χ3n) is 8.24. The molecule has 2 bridgehead atoms. The van der Waals surface area contributed by atoms with E-state index in [9.17, 15) is 24.9 Å². The summed E-state index contributed by atoms with van der Waals surface area (Å²) in [7, 11) is 2.74. The number of carbonyl (C=O) groups is 3. The van der Waals surface area contributed by atoms with Gasteiger partial charge in [-0.05, 0) is 60.7 Å². The number of rotatable bonds is 4. The van der Waals surface area contributed by atoms with Crippen LogP contribution in [0.1, 0.15) is 61.0 Å². The normalized spacial score (nSPS) is 18.0. The summed E-state index contributed by atoms with van der Waals surface area (Å²) in [5.74, 6) is -1.48. The van der Waals surface area contributed by atoms with Gasteiger partial charge in [-0.15, -0.1) is 0 Å². The lowest BCUT2D eigenvalue weighted by Gasteiger charge is -2.35. The van der Waals surface area contributed by atoms with E-state index in [1.807, 2.05) is 19.1 Å². The Balaban J connectivity index is 1.59. The number of fused-ring (bicyclic) bond motifs is 4. The highest BCUT2D eigenvalue weighted by Gasteiger charge is 2.32. The molecule has 0 saturated carbocycles. The Morgan fingerprint density at radius 1 is 1.09 bits per heavy atom. The molecule has 0 spiro atoms. The Morgan fingerprint density at radius 2 is 1.85 bits per heavy atom. The van der Waals surface area contributed by atoms with Crippen LogP contribution in [0.3, 0.4) is 0 Å². The zero-order chi connectivity index (χ0) is 33.0. The van der Waals surface area contributed by atoms with E-state index in [4.69, 9.17) is 14.5 Å². The molecular weight excluding hydrogens is 591 g/mol. The van der Waals surface area contributed by atoms with Gasteiger partial charge in [-0.1, -0.05) is 19.4 Å². The zero-order valence-electron chi connectivity index (χ0n) is 25.5. The third-order valence-corrected chi connectivity index (χ3v) is 8.24. The van der Waals surface area contributed by atoms with Crippen LogP contribution in [0.5, 0.6) is 5.88 Å². The fourth-order valence-corrected chi connectivity index (χ4v) is 5.80.